The minimum atomic E-state index is -1.36. The first-order chi connectivity index (χ1) is 18.8. The van der Waals surface area contributed by atoms with Crippen molar-refractivity contribution < 1.29 is 29.6 Å². The summed E-state index contributed by atoms with van der Waals surface area (Å²) in [6.45, 7) is 12.6. The average Bonchev–Trinajstić information content (AvgIpc) is 3.22. The minimum Gasteiger partial charge on any atom is -0.477 e. The monoisotopic (exact) mass is 558 g/mol. The molecular weight excluding hydrogens is 508 g/mol. The molecule has 8 heteroatoms. The maximum absolute atomic E-state index is 10.4. The van der Waals surface area contributed by atoms with Gasteiger partial charge in [0.15, 0.2) is 11.4 Å². The lowest BCUT2D eigenvalue weighted by Crippen LogP contribution is -2.58. The quantitative estimate of drug-likeness (QED) is 0.284. The number of epoxide rings is 1. The highest BCUT2D eigenvalue weighted by Gasteiger charge is 2.76. The number of aliphatic hydroxyl groups excluding tert-OH is 1. The molecule has 10 atom stereocenters. The van der Waals surface area contributed by atoms with E-state index in [9.17, 15) is 14.7 Å². The average molecular weight is 559 g/mol. The van der Waals surface area contributed by atoms with Crippen LogP contribution < -0.4 is 0 Å². The summed E-state index contributed by atoms with van der Waals surface area (Å²) in [5.41, 5.74) is 0.0526. The summed E-state index contributed by atoms with van der Waals surface area (Å²) in [6.07, 6.45) is 15.8. The second kappa shape index (κ2) is 10.7. The van der Waals surface area contributed by atoms with Crippen LogP contribution in [0.2, 0.25) is 0 Å². The van der Waals surface area contributed by atoms with Crippen LogP contribution >= 0.6 is 0 Å². The van der Waals surface area contributed by atoms with Gasteiger partial charge < -0.3 is 25.0 Å². The van der Waals surface area contributed by atoms with Gasteiger partial charge in [0.05, 0.1) is 18.5 Å². The highest BCUT2D eigenvalue weighted by atomic mass is 16.6. The number of rotatable bonds is 7. The van der Waals surface area contributed by atoms with Gasteiger partial charge in [-0.25, -0.2) is 14.6 Å². The van der Waals surface area contributed by atoms with Crippen LogP contribution in [0.25, 0.3) is 0 Å². The molecule has 0 radical (unpaired) electrons. The zero-order valence-corrected chi connectivity index (χ0v) is 25.0. The van der Waals surface area contributed by atoms with E-state index in [1.165, 1.54) is 57.8 Å². The molecule has 1 aromatic heterocycles. The van der Waals surface area contributed by atoms with E-state index in [0.717, 1.165) is 54.7 Å². The Labute approximate surface area is 238 Å². The first kappa shape index (κ1) is 29.6. The SMILES string of the molecule is CC(C)CCC[C@@H](C)[C@H]1CC[C@H]2[C@@H]3C[C@H]4O[C@]45C[C@@H](O)CC[C@]5(C)[C@H]3CC[C@]12C.O=C(O)c1nc[nH]c1C(=O)O. The highest BCUT2D eigenvalue weighted by Crippen LogP contribution is 2.74. The molecule has 0 aromatic carbocycles. The number of hydrogen-bond acceptors (Lipinski definition) is 5. The van der Waals surface area contributed by atoms with Gasteiger partial charge in [-0.2, -0.15) is 0 Å². The lowest BCUT2D eigenvalue weighted by atomic mass is 9.44. The van der Waals surface area contributed by atoms with Crippen LogP contribution in [0.5, 0.6) is 0 Å². The Bertz CT molecular complexity index is 1070. The predicted octanol–water partition coefficient (Wildman–Crippen LogP) is 6.41. The Morgan fingerprint density at radius 1 is 1.05 bits per heavy atom. The van der Waals surface area contributed by atoms with Crippen molar-refractivity contribution in [3.05, 3.63) is 17.7 Å². The van der Waals surface area contributed by atoms with Crippen LogP contribution in [-0.4, -0.2) is 55.0 Å². The fourth-order valence-electron chi connectivity index (χ4n) is 10.3. The molecule has 4 N–H and O–H groups in total. The number of hydrogen-bond donors (Lipinski definition) is 4. The minimum absolute atomic E-state index is 0.0434. The zero-order chi connectivity index (χ0) is 29.0. The Balaban J connectivity index is 0.000000248. The third kappa shape index (κ3) is 4.81. The second-order valence-corrected chi connectivity index (χ2v) is 14.7. The number of aliphatic hydroxyl groups is 1. The van der Waals surface area contributed by atoms with Crippen LogP contribution in [0.4, 0.5) is 0 Å². The molecule has 1 aliphatic heterocycles. The molecule has 4 aliphatic carbocycles. The summed E-state index contributed by atoms with van der Waals surface area (Å²) in [6, 6.07) is 0. The number of nitrogens with one attached hydrogen (secondary N) is 1. The van der Waals surface area contributed by atoms with E-state index in [2.05, 4.69) is 44.6 Å². The van der Waals surface area contributed by atoms with Gasteiger partial charge in [-0.05, 0) is 85.9 Å². The molecule has 6 rings (SSSR count). The molecular formula is C32H50N2O6. The fourth-order valence-corrected chi connectivity index (χ4v) is 10.3. The number of aromatic amines is 1. The van der Waals surface area contributed by atoms with E-state index < -0.39 is 23.3 Å². The van der Waals surface area contributed by atoms with Crippen molar-refractivity contribution in [3.8, 4) is 0 Å². The molecule has 2 heterocycles. The Hall–Kier alpha value is -1.93. The number of carbonyl (C=O) groups is 2. The molecule has 0 unspecified atom stereocenters. The van der Waals surface area contributed by atoms with E-state index >= 15 is 0 Å². The third-order valence-electron chi connectivity index (χ3n) is 12.3. The first-order valence-electron chi connectivity index (χ1n) is 15.7. The number of fused-ring (bicyclic) bond motifs is 4. The van der Waals surface area contributed by atoms with Crippen LogP contribution in [0.15, 0.2) is 6.33 Å². The lowest BCUT2D eigenvalue weighted by Gasteiger charge is -2.59. The molecule has 1 spiro atoms. The molecule has 0 amide bonds. The van der Waals surface area contributed by atoms with Crippen molar-refractivity contribution in [1.82, 2.24) is 9.97 Å². The number of nitrogens with zero attached hydrogens (tertiary/aromatic N) is 1. The molecule has 8 nitrogen and oxygen atoms in total. The van der Waals surface area contributed by atoms with Crippen molar-refractivity contribution in [1.29, 1.82) is 0 Å². The van der Waals surface area contributed by atoms with Gasteiger partial charge in [0.2, 0.25) is 0 Å². The van der Waals surface area contributed by atoms with Crippen molar-refractivity contribution >= 4 is 11.9 Å². The van der Waals surface area contributed by atoms with Gasteiger partial charge >= 0.3 is 11.9 Å². The van der Waals surface area contributed by atoms with Gasteiger partial charge in [-0.3, -0.25) is 0 Å². The van der Waals surface area contributed by atoms with Crippen molar-refractivity contribution in [2.75, 3.05) is 0 Å². The third-order valence-corrected chi connectivity index (χ3v) is 12.3. The predicted molar refractivity (Wildman–Crippen MR) is 151 cm³/mol. The Morgan fingerprint density at radius 3 is 2.45 bits per heavy atom. The number of ether oxygens (including phenoxy) is 1. The standard InChI is InChI=1S/C27H46O2.C5H4N2O4/c1-17(2)7-6-8-18(3)21-9-10-22-20-15-24-27(29-24)16-19(28)11-14-26(27,5)23(20)12-13-25(21,22)4;8-4(9)2-3(5(10)11)7-1-6-2/h17-24,28H,6-16H2,1-5H3;1H,(H,6,7)(H,8,9)(H,10,11)/t18-,19+,20+,21-,22+,23+,24-,25-,26-,27-;/m1./s1. The lowest BCUT2D eigenvalue weighted by molar-refractivity contribution is -0.116. The number of aromatic nitrogens is 2. The van der Waals surface area contributed by atoms with E-state index in [1.54, 1.807) is 0 Å². The van der Waals surface area contributed by atoms with Crippen LogP contribution in [-0.2, 0) is 4.74 Å². The largest absolute Gasteiger partial charge is 0.477 e. The van der Waals surface area contributed by atoms with E-state index in [4.69, 9.17) is 14.9 Å². The number of H-pyrrole nitrogens is 1. The number of carboxylic acids is 2. The molecule has 1 aromatic rings. The van der Waals surface area contributed by atoms with Crippen LogP contribution in [0, 0.1) is 46.3 Å². The summed E-state index contributed by atoms with van der Waals surface area (Å²) >= 11 is 0. The molecule has 5 aliphatic rings. The van der Waals surface area contributed by atoms with E-state index in [1.807, 2.05) is 0 Å². The van der Waals surface area contributed by atoms with Crippen molar-refractivity contribution in [3.63, 3.8) is 0 Å². The van der Waals surface area contributed by atoms with Gasteiger partial charge in [0.1, 0.15) is 5.60 Å². The second-order valence-electron chi connectivity index (χ2n) is 14.7. The van der Waals surface area contributed by atoms with Gasteiger partial charge in [0.25, 0.3) is 0 Å². The van der Waals surface area contributed by atoms with Crippen LogP contribution in [0.3, 0.4) is 0 Å². The molecule has 224 valence electrons. The Kier molecular flexibility index (Phi) is 7.92. The van der Waals surface area contributed by atoms with E-state index in [-0.39, 0.29) is 11.7 Å². The maximum atomic E-state index is 10.4. The molecule has 5 fully saturated rings. The molecule has 40 heavy (non-hydrogen) atoms. The first-order valence-corrected chi connectivity index (χ1v) is 15.7. The summed E-state index contributed by atoms with van der Waals surface area (Å²) in [5, 5.41) is 27.1. The topological polar surface area (TPSA) is 136 Å². The van der Waals surface area contributed by atoms with Gasteiger partial charge in [-0.15, -0.1) is 0 Å². The fraction of sp³-hybridized carbons (Fsp3) is 0.844. The zero-order valence-electron chi connectivity index (χ0n) is 25.0. The maximum Gasteiger partial charge on any atom is 0.357 e. The summed E-state index contributed by atoms with van der Waals surface area (Å²) in [5.74, 6) is 2.62. The molecule has 0 bridgehead atoms. The smallest absolute Gasteiger partial charge is 0.357 e. The normalized spacial score (nSPS) is 42.0. The van der Waals surface area contributed by atoms with Crippen molar-refractivity contribution in [2.24, 2.45) is 46.3 Å². The van der Waals surface area contributed by atoms with E-state index in [0.29, 0.717) is 16.9 Å². The molecule has 1 saturated heterocycles. The van der Waals surface area contributed by atoms with Crippen LogP contribution in [0.1, 0.15) is 126 Å². The summed E-state index contributed by atoms with van der Waals surface area (Å²) in [7, 11) is 0. The highest BCUT2D eigenvalue weighted by molar-refractivity contribution is 5.98. The Morgan fingerprint density at radius 2 is 1.80 bits per heavy atom. The number of imidazole rings is 1. The van der Waals surface area contributed by atoms with Gasteiger partial charge in [-0.1, -0.05) is 53.9 Å². The summed E-state index contributed by atoms with van der Waals surface area (Å²) in [4.78, 5) is 26.0. The number of carboxylic acid groups (broad SMARTS) is 2. The molecule has 4 saturated carbocycles. The van der Waals surface area contributed by atoms with Crippen molar-refractivity contribution in [2.45, 2.75) is 123 Å². The number of aromatic carboxylic acids is 2. The van der Waals surface area contributed by atoms with Gasteiger partial charge in [0, 0.05) is 11.8 Å². The summed E-state index contributed by atoms with van der Waals surface area (Å²) < 4.78 is 6.51.